The SMILES string of the molecule is CCCCCCCC(=O)NC(C(=O)O)C(C)C(=O)O. The maximum atomic E-state index is 11.6. The first kappa shape index (κ1) is 17.4. The highest BCUT2D eigenvalue weighted by atomic mass is 16.4. The van der Waals surface area contributed by atoms with Crippen LogP contribution >= 0.6 is 0 Å². The molecule has 0 aromatic rings. The smallest absolute Gasteiger partial charge is 0.327 e. The molecule has 0 fully saturated rings. The Kier molecular flexibility index (Phi) is 8.57. The first-order chi connectivity index (χ1) is 8.90. The molecular formula is C13H23NO5. The molecule has 0 rings (SSSR count). The van der Waals surface area contributed by atoms with Gasteiger partial charge in [-0.15, -0.1) is 0 Å². The first-order valence-electron chi connectivity index (χ1n) is 6.65. The van der Waals surface area contributed by atoms with Crippen molar-refractivity contribution in [1.29, 1.82) is 0 Å². The van der Waals surface area contributed by atoms with E-state index in [9.17, 15) is 14.4 Å². The lowest BCUT2D eigenvalue weighted by Crippen LogP contribution is -2.47. The van der Waals surface area contributed by atoms with Crippen LogP contribution in [-0.2, 0) is 14.4 Å². The van der Waals surface area contributed by atoms with Crippen LogP contribution in [0.4, 0.5) is 0 Å². The zero-order valence-electron chi connectivity index (χ0n) is 11.5. The summed E-state index contributed by atoms with van der Waals surface area (Å²) in [5.41, 5.74) is 0. The third-order valence-electron chi connectivity index (χ3n) is 2.98. The van der Waals surface area contributed by atoms with Crippen LogP contribution in [-0.4, -0.2) is 34.1 Å². The van der Waals surface area contributed by atoms with Gasteiger partial charge in [0.15, 0.2) is 0 Å². The minimum Gasteiger partial charge on any atom is -0.481 e. The van der Waals surface area contributed by atoms with Gasteiger partial charge in [-0.05, 0) is 13.3 Å². The standard InChI is InChI=1S/C13H23NO5/c1-3-4-5-6-7-8-10(15)14-11(13(18)19)9(2)12(16)17/h9,11H,3-8H2,1-2H3,(H,14,15)(H,16,17)(H,18,19). The summed E-state index contributed by atoms with van der Waals surface area (Å²) < 4.78 is 0. The molecule has 0 aromatic heterocycles. The van der Waals surface area contributed by atoms with Gasteiger partial charge < -0.3 is 15.5 Å². The third kappa shape index (κ3) is 7.43. The molecule has 1 amide bonds. The summed E-state index contributed by atoms with van der Waals surface area (Å²) in [6.45, 7) is 3.36. The van der Waals surface area contributed by atoms with E-state index < -0.39 is 29.8 Å². The van der Waals surface area contributed by atoms with Crippen LogP contribution < -0.4 is 5.32 Å². The molecule has 19 heavy (non-hydrogen) atoms. The van der Waals surface area contributed by atoms with Gasteiger partial charge in [-0.1, -0.05) is 32.6 Å². The molecule has 0 saturated heterocycles. The van der Waals surface area contributed by atoms with Crippen molar-refractivity contribution in [3.8, 4) is 0 Å². The van der Waals surface area contributed by atoms with E-state index in [1.165, 1.54) is 6.92 Å². The molecular weight excluding hydrogens is 250 g/mol. The van der Waals surface area contributed by atoms with E-state index in [2.05, 4.69) is 12.2 Å². The Hall–Kier alpha value is -1.59. The summed E-state index contributed by atoms with van der Waals surface area (Å²) in [5.74, 6) is -4.12. The summed E-state index contributed by atoms with van der Waals surface area (Å²) in [6, 6.07) is -1.37. The van der Waals surface area contributed by atoms with Crippen LogP contribution in [0.15, 0.2) is 0 Å². The van der Waals surface area contributed by atoms with Gasteiger partial charge >= 0.3 is 11.9 Å². The average molecular weight is 273 g/mol. The van der Waals surface area contributed by atoms with E-state index in [4.69, 9.17) is 10.2 Å². The fraction of sp³-hybridized carbons (Fsp3) is 0.769. The maximum absolute atomic E-state index is 11.6. The molecule has 0 aromatic carbocycles. The number of amides is 1. The number of carbonyl (C=O) groups excluding carboxylic acids is 1. The fourth-order valence-electron chi connectivity index (χ4n) is 1.68. The second-order valence-electron chi connectivity index (χ2n) is 4.67. The number of hydrogen-bond acceptors (Lipinski definition) is 3. The van der Waals surface area contributed by atoms with E-state index in [1.54, 1.807) is 0 Å². The summed E-state index contributed by atoms with van der Waals surface area (Å²) in [6.07, 6.45) is 5.14. The highest BCUT2D eigenvalue weighted by molar-refractivity contribution is 5.87. The van der Waals surface area contributed by atoms with Gasteiger partial charge in [0.1, 0.15) is 6.04 Å². The van der Waals surface area contributed by atoms with Gasteiger partial charge in [0.2, 0.25) is 5.91 Å². The lowest BCUT2D eigenvalue weighted by atomic mass is 10.0. The van der Waals surface area contributed by atoms with Gasteiger partial charge in [-0.2, -0.15) is 0 Å². The van der Waals surface area contributed by atoms with Crippen molar-refractivity contribution in [3.63, 3.8) is 0 Å². The quantitative estimate of drug-likeness (QED) is 0.525. The Bertz CT molecular complexity index is 316. The highest BCUT2D eigenvalue weighted by Crippen LogP contribution is 2.07. The number of carboxylic acid groups (broad SMARTS) is 2. The van der Waals surface area contributed by atoms with Crippen LogP contribution in [0.25, 0.3) is 0 Å². The molecule has 0 aliphatic rings. The molecule has 0 heterocycles. The lowest BCUT2D eigenvalue weighted by Gasteiger charge is -2.18. The molecule has 3 N–H and O–H groups in total. The molecule has 0 aliphatic heterocycles. The molecule has 6 heteroatoms. The number of aliphatic carboxylic acids is 2. The minimum absolute atomic E-state index is 0.236. The van der Waals surface area contributed by atoms with Crippen molar-refractivity contribution < 1.29 is 24.6 Å². The zero-order valence-corrected chi connectivity index (χ0v) is 11.5. The zero-order chi connectivity index (χ0) is 14.8. The molecule has 0 spiro atoms. The second-order valence-corrected chi connectivity index (χ2v) is 4.67. The predicted molar refractivity (Wildman–Crippen MR) is 69.7 cm³/mol. The molecule has 0 saturated carbocycles. The van der Waals surface area contributed by atoms with Crippen molar-refractivity contribution in [2.45, 2.75) is 58.4 Å². The summed E-state index contributed by atoms with van der Waals surface area (Å²) in [4.78, 5) is 33.2. The fourth-order valence-corrected chi connectivity index (χ4v) is 1.68. The molecule has 0 aliphatic carbocycles. The van der Waals surface area contributed by atoms with Crippen molar-refractivity contribution in [1.82, 2.24) is 5.32 Å². The Labute approximate surface area is 113 Å². The number of rotatable bonds is 10. The molecule has 110 valence electrons. The van der Waals surface area contributed by atoms with Gasteiger partial charge in [-0.3, -0.25) is 9.59 Å². The molecule has 6 nitrogen and oxygen atoms in total. The van der Waals surface area contributed by atoms with Gasteiger partial charge in [0.25, 0.3) is 0 Å². The van der Waals surface area contributed by atoms with Gasteiger partial charge in [0, 0.05) is 6.42 Å². The molecule has 0 radical (unpaired) electrons. The van der Waals surface area contributed by atoms with E-state index in [1.807, 2.05) is 0 Å². The van der Waals surface area contributed by atoms with Gasteiger partial charge in [-0.25, -0.2) is 4.79 Å². The van der Waals surface area contributed by atoms with Crippen LogP contribution in [0.1, 0.15) is 52.4 Å². The minimum atomic E-state index is -1.37. The lowest BCUT2D eigenvalue weighted by molar-refractivity contribution is -0.151. The topological polar surface area (TPSA) is 104 Å². The summed E-state index contributed by atoms with van der Waals surface area (Å²) in [7, 11) is 0. The normalized spacial score (nSPS) is 13.6. The van der Waals surface area contributed by atoms with Crippen LogP contribution in [0.5, 0.6) is 0 Å². The van der Waals surface area contributed by atoms with Crippen LogP contribution in [0.3, 0.4) is 0 Å². The summed E-state index contributed by atoms with van der Waals surface area (Å²) in [5, 5.41) is 19.9. The van der Waals surface area contributed by atoms with Crippen molar-refractivity contribution in [3.05, 3.63) is 0 Å². The van der Waals surface area contributed by atoms with Crippen molar-refractivity contribution in [2.24, 2.45) is 5.92 Å². The van der Waals surface area contributed by atoms with E-state index in [-0.39, 0.29) is 6.42 Å². The van der Waals surface area contributed by atoms with E-state index in [0.29, 0.717) is 6.42 Å². The number of carboxylic acids is 2. The maximum Gasteiger partial charge on any atom is 0.327 e. The van der Waals surface area contributed by atoms with Crippen LogP contribution in [0, 0.1) is 5.92 Å². The Balaban J connectivity index is 4.11. The predicted octanol–water partition coefficient (Wildman–Crippen LogP) is 1.64. The molecule has 0 bridgehead atoms. The molecule has 2 atom stereocenters. The Morgan fingerprint density at radius 1 is 1.00 bits per heavy atom. The van der Waals surface area contributed by atoms with Crippen molar-refractivity contribution >= 4 is 17.8 Å². The monoisotopic (exact) mass is 273 g/mol. The Morgan fingerprint density at radius 3 is 2.05 bits per heavy atom. The number of hydrogen-bond donors (Lipinski definition) is 3. The van der Waals surface area contributed by atoms with E-state index >= 15 is 0 Å². The summed E-state index contributed by atoms with van der Waals surface area (Å²) >= 11 is 0. The first-order valence-corrected chi connectivity index (χ1v) is 6.65. The number of nitrogens with one attached hydrogen (secondary N) is 1. The van der Waals surface area contributed by atoms with Gasteiger partial charge in [0.05, 0.1) is 5.92 Å². The largest absolute Gasteiger partial charge is 0.481 e. The number of unbranched alkanes of at least 4 members (excludes halogenated alkanes) is 4. The average Bonchev–Trinajstić information content (AvgIpc) is 2.34. The second kappa shape index (κ2) is 9.35. The highest BCUT2D eigenvalue weighted by Gasteiger charge is 2.31. The number of carbonyl (C=O) groups is 3. The molecule has 2 unspecified atom stereocenters. The van der Waals surface area contributed by atoms with Crippen molar-refractivity contribution in [2.75, 3.05) is 0 Å². The van der Waals surface area contributed by atoms with E-state index in [0.717, 1.165) is 25.7 Å². The third-order valence-corrected chi connectivity index (χ3v) is 2.98. The Morgan fingerprint density at radius 2 is 1.58 bits per heavy atom. The van der Waals surface area contributed by atoms with Crippen LogP contribution in [0.2, 0.25) is 0 Å².